The zero-order valence-electron chi connectivity index (χ0n) is 13.0. The topological polar surface area (TPSA) is 62.4 Å². The van der Waals surface area contributed by atoms with Crippen molar-refractivity contribution in [1.29, 1.82) is 0 Å². The van der Waals surface area contributed by atoms with Crippen LogP contribution in [0.2, 0.25) is 0 Å². The lowest BCUT2D eigenvalue weighted by Gasteiger charge is -2.11. The van der Waals surface area contributed by atoms with Crippen LogP contribution in [-0.2, 0) is 0 Å². The summed E-state index contributed by atoms with van der Waals surface area (Å²) in [6.07, 6.45) is 3.69. The summed E-state index contributed by atoms with van der Waals surface area (Å²) in [7, 11) is 4.01. The first-order valence-electron chi connectivity index (χ1n) is 7.21. The quantitative estimate of drug-likeness (QED) is 0.796. The molecule has 116 valence electrons. The molecule has 0 spiro atoms. The van der Waals surface area contributed by atoms with Crippen LogP contribution in [0.1, 0.15) is 11.4 Å². The summed E-state index contributed by atoms with van der Waals surface area (Å²) < 4.78 is 5.19. The third-order valence-electron chi connectivity index (χ3n) is 3.41. The number of phenols is 1. The molecule has 1 N–H and O–H groups in total. The van der Waals surface area contributed by atoms with Gasteiger partial charge in [0.25, 0.3) is 5.89 Å². The van der Waals surface area contributed by atoms with E-state index in [4.69, 9.17) is 4.52 Å². The number of hydrogen-bond acceptors (Lipinski definition) is 5. The van der Waals surface area contributed by atoms with Gasteiger partial charge < -0.3 is 14.5 Å². The van der Waals surface area contributed by atoms with Crippen LogP contribution in [0.15, 0.2) is 53.1 Å². The van der Waals surface area contributed by atoms with E-state index in [-0.39, 0.29) is 5.75 Å². The molecule has 23 heavy (non-hydrogen) atoms. The zero-order valence-corrected chi connectivity index (χ0v) is 13.0. The summed E-state index contributed by atoms with van der Waals surface area (Å²) >= 11 is 0. The molecule has 2 aromatic carbocycles. The van der Waals surface area contributed by atoms with Crippen molar-refractivity contribution in [2.45, 2.75) is 0 Å². The largest absolute Gasteiger partial charge is 0.507 e. The Kier molecular flexibility index (Phi) is 4.10. The van der Waals surface area contributed by atoms with Crippen molar-refractivity contribution < 1.29 is 9.63 Å². The number of rotatable bonds is 4. The number of para-hydroxylation sites is 1. The molecule has 0 aliphatic rings. The Morgan fingerprint density at radius 1 is 1.00 bits per heavy atom. The van der Waals surface area contributed by atoms with E-state index < -0.39 is 0 Å². The van der Waals surface area contributed by atoms with Gasteiger partial charge in [-0.1, -0.05) is 35.5 Å². The number of nitrogens with zero attached hydrogens (tertiary/aromatic N) is 3. The smallest absolute Gasteiger partial charge is 0.261 e. The standard InChI is InChI=1S/C18H17N3O2/c1-21(2)14-10-7-13(8-11-14)9-12-17-19-18(23-20-17)15-5-3-4-6-16(15)22/h3-12,22H,1-2H3/b12-9+. The highest BCUT2D eigenvalue weighted by molar-refractivity contribution is 5.69. The monoisotopic (exact) mass is 307 g/mol. The number of aromatic nitrogens is 2. The van der Waals surface area contributed by atoms with Crippen molar-refractivity contribution in [3.8, 4) is 17.2 Å². The van der Waals surface area contributed by atoms with Crippen LogP contribution in [0, 0.1) is 0 Å². The molecule has 0 radical (unpaired) electrons. The Bertz CT molecular complexity index is 820. The molecule has 0 saturated carbocycles. The number of anilines is 1. The molecule has 1 heterocycles. The average molecular weight is 307 g/mol. The van der Waals surface area contributed by atoms with Gasteiger partial charge in [0, 0.05) is 19.8 Å². The molecule has 0 fully saturated rings. The highest BCUT2D eigenvalue weighted by atomic mass is 16.5. The molecule has 0 aliphatic heterocycles. The van der Waals surface area contributed by atoms with Gasteiger partial charge in [0.1, 0.15) is 5.75 Å². The molecule has 0 unspecified atom stereocenters. The summed E-state index contributed by atoms with van der Waals surface area (Å²) in [4.78, 5) is 6.32. The third kappa shape index (κ3) is 3.40. The Morgan fingerprint density at radius 3 is 2.43 bits per heavy atom. The van der Waals surface area contributed by atoms with Crippen molar-refractivity contribution in [2.24, 2.45) is 0 Å². The number of hydrogen-bond donors (Lipinski definition) is 1. The Morgan fingerprint density at radius 2 is 1.74 bits per heavy atom. The van der Waals surface area contributed by atoms with Crippen molar-refractivity contribution in [3.05, 3.63) is 59.9 Å². The van der Waals surface area contributed by atoms with Crippen LogP contribution in [0.5, 0.6) is 5.75 Å². The lowest BCUT2D eigenvalue weighted by molar-refractivity contribution is 0.423. The summed E-state index contributed by atoms with van der Waals surface area (Å²) in [5.41, 5.74) is 2.71. The predicted octanol–water partition coefficient (Wildman–Crippen LogP) is 3.68. The van der Waals surface area contributed by atoms with Gasteiger partial charge in [0.05, 0.1) is 5.56 Å². The number of phenolic OH excluding ortho intramolecular Hbond substituents is 1. The second-order valence-electron chi connectivity index (χ2n) is 5.29. The fourth-order valence-corrected chi connectivity index (χ4v) is 2.12. The molecule has 0 bridgehead atoms. The van der Waals surface area contributed by atoms with Gasteiger partial charge in [0.15, 0.2) is 5.82 Å². The van der Waals surface area contributed by atoms with Gasteiger partial charge in [-0.25, -0.2) is 0 Å². The van der Waals surface area contributed by atoms with E-state index in [1.54, 1.807) is 30.3 Å². The van der Waals surface area contributed by atoms with Crippen molar-refractivity contribution >= 4 is 17.8 Å². The number of aromatic hydroxyl groups is 1. The molecule has 0 saturated heterocycles. The van der Waals surface area contributed by atoms with Gasteiger partial charge in [-0.15, -0.1) is 0 Å². The van der Waals surface area contributed by atoms with Crippen LogP contribution in [0.3, 0.4) is 0 Å². The van der Waals surface area contributed by atoms with Gasteiger partial charge in [-0.05, 0) is 35.9 Å². The van der Waals surface area contributed by atoms with E-state index in [1.807, 2.05) is 49.3 Å². The van der Waals surface area contributed by atoms with Crippen LogP contribution < -0.4 is 4.90 Å². The zero-order chi connectivity index (χ0) is 16.2. The second-order valence-corrected chi connectivity index (χ2v) is 5.29. The fraction of sp³-hybridized carbons (Fsp3) is 0.111. The normalized spacial score (nSPS) is 11.0. The first kappa shape index (κ1) is 14.8. The summed E-state index contributed by atoms with van der Waals surface area (Å²) in [6, 6.07) is 15.0. The first-order chi connectivity index (χ1) is 11.1. The molecule has 3 rings (SSSR count). The first-order valence-corrected chi connectivity index (χ1v) is 7.21. The number of benzene rings is 2. The molecule has 0 aliphatic carbocycles. The van der Waals surface area contributed by atoms with Crippen LogP contribution in [0.25, 0.3) is 23.6 Å². The maximum atomic E-state index is 9.80. The van der Waals surface area contributed by atoms with E-state index in [0.717, 1.165) is 11.3 Å². The van der Waals surface area contributed by atoms with Gasteiger partial charge in [-0.3, -0.25) is 0 Å². The predicted molar refractivity (Wildman–Crippen MR) is 91.1 cm³/mol. The SMILES string of the molecule is CN(C)c1ccc(/C=C/c2noc(-c3ccccc3O)n2)cc1. The Balaban J connectivity index is 1.77. The van der Waals surface area contributed by atoms with Crippen LogP contribution in [-0.4, -0.2) is 29.3 Å². The van der Waals surface area contributed by atoms with Gasteiger partial charge in [-0.2, -0.15) is 4.98 Å². The molecular weight excluding hydrogens is 290 g/mol. The fourth-order valence-electron chi connectivity index (χ4n) is 2.12. The lowest BCUT2D eigenvalue weighted by Crippen LogP contribution is -2.07. The minimum Gasteiger partial charge on any atom is -0.507 e. The highest BCUT2D eigenvalue weighted by Gasteiger charge is 2.10. The summed E-state index contributed by atoms with van der Waals surface area (Å²) in [5.74, 6) is 0.872. The molecule has 5 heteroatoms. The van der Waals surface area contributed by atoms with Crippen molar-refractivity contribution in [3.63, 3.8) is 0 Å². The van der Waals surface area contributed by atoms with E-state index in [1.165, 1.54) is 0 Å². The average Bonchev–Trinajstić information content (AvgIpc) is 3.02. The molecule has 1 aromatic heterocycles. The summed E-state index contributed by atoms with van der Waals surface area (Å²) in [6.45, 7) is 0. The van der Waals surface area contributed by atoms with Crippen molar-refractivity contribution in [1.82, 2.24) is 10.1 Å². The van der Waals surface area contributed by atoms with E-state index in [0.29, 0.717) is 17.3 Å². The second kappa shape index (κ2) is 6.36. The molecule has 0 atom stereocenters. The molecule has 3 aromatic rings. The Hall–Kier alpha value is -3.08. The minimum absolute atomic E-state index is 0.117. The van der Waals surface area contributed by atoms with Gasteiger partial charge >= 0.3 is 0 Å². The van der Waals surface area contributed by atoms with Crippen molar-refractivity contribution in [2.75, 3.05) is 19.0 Å². The third-order valence-corrected chi connectivity index (χ3v) is 3.41. The van der Waals surface area contributed by atoms with E-state index >= 15 is 0 Å². The lowest BCUT2D eigenvalue weighted by atomic mass is 10.2. The highest BCUT2D eigenvalue weighted by Crippen LogP contribution is 2.27. The molecular formula is C18H17N3O2. The maximum Gasteiger partial charge on any atom is 0.261 e. The molecule has 0 amide bonds. The summed E-state index contributed by atoms with van der Waals surface area (Å²) in [5, 5.41) is 13.7. The minimum atomic E-state index is 0.117. The Labute approximate surface area is 134 Å². The maximum absolute atomic E-state index is 9.80. The molecule has 5 nitrogen and oxygen atoms in total. The van der Waals surface area contributed by atoms with Crippen LogP contribution in [0.4, 0.5) is 5.69 Å². The van der Waals surface area contributed by atoms with E-state index in [9.17, 15) is 5.11 Å². The van der Waals surface area contributed by atoms with E-state index in [2.05, 4.69) is 10.1 Å². The van der Waals surface area contributed by atoms with Gasteiger partial charge in [0.2, 0.25) is 0 Å². The van der Waals surface area contributed by atoms with Crippen LogP contribution >= 0.6 is 0 Å².